The molecule has 0 amide bonds. The molecule has 0 atom stereocenters. The van der Waals surface area contributed by atoms with Crippen LogP contribution in [0.25, 0.3) is 10.8 Å². The van der Waals surface area contributed by atoms with Crippen molar-refractivity contribution in [3.05, 3.63) is 118 Å². The summed E-state index contributed by atoms with van der Waals surface area (Å²) in [5.74, 6) is 12.7. The van der Waals surface area contributed by atoms with Gasteiger partial charge in [-0.1, -0.05) is 74.3 Å². The van der Waals surface area contributed by atoms with Gasteiger partial charge < -0.3 is 0 Å². The molecule has 32 heavy (non-hydrogen) atoms. The second-order valence-electron chi connectivity index (χ2n) is 7.85. The van der Waals surface area contributed by atoms with Gasteiger partial charge in [0.25, 0.3) is 0 Å². The van der Waals surface area contributed by atoms with Gasteiger partial charge in [0.05, 0.1) is 0 Å². The average molecular weight is 417 g/mol. The monoisotopic (exact) mass is 416 g/mol. The van der Waals surface area contributed by atoms with Gasteiger partial charge in [-0.2, -0.15) is 0 Å². The fourth-order valence-electron chi connectivity index (χ4n) is 3.66. The molecule has 4 aromatic rings. The molecule has 0 aliphatic carbocycles. The standard InChI is InChI=1S/C31H25F/c1-3-5-23-6-8-24(9-7-23)10-11-25-12-14-26(15-13-25)16-17-27-18-21-30-29(22-27)20-19-28(4-2)31(30)32/h6-9,12-15,18-22H,3-5H2,1-2H3. The maximum Gasteiger partial charge on any atom is 0.134 e. The minimum atomic E-state index is -0.127. The van der Waals surface area contributed by atoms with Gasteiger partial charge in [0.15, 0.2) is 0 Å². The minimum Gasteiger partial charge on any atom is -0.206 e. The smallest absolute Gasteiger partial charge is 0.134 e. The summed E-state index contributed by atoms with van der Waals surface area (Å²) >= 11 is 0. The van der Waals surface area contributed by atoms with Crippen LogP contribution in [0.5, 0.6) is 0 Å². The van der Waals surface area contributed by atoms with Gasteiger partial charge in [-0.3, -0.25) is 0 Å². The van der Waals surface area contributed by atoms with Gasteiger partial charge in [0, 0.05) is 27.6 Å². The van der Waals surface area contributed by atoms with E-state index in [9.17, 15) is 4.39 Å². The molecule has 0 heterocycles. The predicted molar refractivity (Wildman–Crippen MR) is 132 cm³/mol. The molecule has 0 fully saturated rings. The molecule has 0 aliphatic heterocycles. The molecule has 4 aromatic carbocycles. The summed E-state index contributed by atoms with van der Waals surface area (Å²) in [6.07, 6.45) is 2.94. The van der Waals surface area contributed by atoms with E-state index in [2.05, 4.69) is 54.9 Å². The van der Waals surface area contributed by atoms with Gasteiger partial charge >= 0.3 is 0 Å². The number of benzene rings is 4. The topological polar surface area (TPSA) is 0 Å². The second kappa shape index (κ2) is 10.00. The van der Waals surface area contributed by atoms with Crippen molar-refractivity contribution in [2.75, 3.05) is 0 Å². The van der Waals surface area contributed by atoms with Crippen LogP contribution >= 0.6 is 0 Å². The summed E-state index contributed by atoms with van der Waals surface area (Å²) in [5, 5.41) is 1.53. The molecule has 0 aliphatic rings. The number of hydrogen-bond donors (Lipinski definition) is 0. The van der Waals surface area contributed by atoms with Crippen LogP contribution in [-0.2, 0) is 12.8 Å². The maximum absolute atomic E-state index is 14.5. The third-order valence-electron chi connectivity index (χ3n) is 5.49. The highest BCUT2D eigenvalue weighted by atomic mass is 19.1. The molecule has 156 valence electrons. The van der Waals surface area contributed by atoms with Crippen molar-refractivity contribution in [3.8, 4) is 23.7 Å². The van der Waals surface area contributed by atoms with E-state index in [1.807, 2.05) is 61.5 Å². The Morgan fingerprint density at radius 1 is 0.625 bits per heavy atom. The summed E-state index contributed by atoms with van der Waals surface area (Å²) in [5.41, 5.74) is 5.87. The first kappa shape index (κ1) is 21.4. The number of hydrogen-bond acceptors (Lipinski definition) is 0. The fraction of sp³-hybridized carbons (Fsp3) is 0.161. The molecule has 0 nitrogen and oxygen atoms in total. The van der Waals surface area contributed by atoms with E-state index in [1.165, 1.54) is 5.56 Å². The Kier molecular flexibility index (Phi) is 6.69. The number of halogens is 1. The van der Waals surface area contributed by atoms with E-state index in [1.54, 1.807) is 0 Å². The molecular weight excluding hydrogens is 391 g/mol. The average Bonchev–Trinajstić information content (AvgIpc) is 2.83. The predicted octanol–water partition coefficient (Wildman–Crippen LogP) is 7.29. The van der Waals surface area contributed by atoms with Crippen LogP contribution in [0, 0.1) is 29.5 Å². The van der Waals surface area contributed by atoms with Crippen molar-refractivity contribution in [1.29, 1.82) is 0 Å². The van der Waals surface area contributed by atoms with Crippen molar-refractivity contribution >= 4 is 10.8 Å². The third kappa shape index (κ3) is 5.08. The first-order valence-corrected chi connectivity index (χ1v) is 11.1. The largest absolute Gasteiger partial charge is 0.206 e. The quantitative estimate of drug-likeness (QED) is 0.308. The minimum absolute atomic E-state index is 0.127. The Morgan fingerprint density at radius 3 is 1.72 bits per heavy atom. The van der Waals surface area contributed by atoms with Crippen LogP contribution in [0.3, 0.4) is 0 Å². The van der Waals surface area contributed by atoms with E-state index < -0.39 is 0 Å². The molecule has 4 rings (SSSR count). The first-order valence-electron chi connectivity index (χ1n) is 11.1. The summed E-state index contributed by atoms with van der Waals surface area (Å²) in [6.45, 7) is 4.15. The zero-order valence-corrected chi connectivity index (χ0v) is 18.5. The van der Waals surface area contributed by atoms with Crippen molar-refractivity contribution in [3.63, 3.8) is 0 Å². The number of fused-ring (bicyclic) bond motifs is 1. The van der Waals surface area contributed by atoms with E-state index in [0.29, 0.717) is 11.8 Å². The molecule has 1 heteroatoms. The number of aryl methyl sites for hydroxylation is 2. The molecule has 0 radical (unpaired) electrons. The second-order valence-corrected chi connectivity index (χ2v) is 7.85. The normalized spacial score (nSPS) is 10.2. The first-order chi connectivity index (χ1) is 15.7. The molecule has 0 saturated carbocycles. The van der Waals surface area contributed by atoms with E-state index in [-0.39, 0.29) is 5.82 Å². The summed E-state index contributed by atoms with van der Waals surface area (Å²) in [6, 6.07) is 25.9. The number of rotatable bonds is 3. The van der Waals surface area contributed by atoms with Crippen molar-refractivity contribution < 1.29 is 4.39 Å². The lowest BCUT2D eigenvalue weighted by molar-refractivity contribution is 0.624. The van der Waals surface area contributed by atoms with Crippen LogP contribution in [0.2, 0.25) is 0 Å². The van der Waals surface area contributed by atoms with Gasteiger partial charge in [0.1, 0.15) is 5.82 Å². The van der Waals surface area contributed by atoms with Gasteiger partial charge in [-0.15, -0.1) is 0 Å². The SMILES string of the molecule is CCCc1ccc(C#Cc2ccc(C#Cc3ccc4c(F)c(CC)ccc4c3)cc2)cc1. The summed E-state index contributed by atoms with van der Waals surface area (Å²) in [4.78, 5) is 0. The lowest BCUT2D eigenvalue weighted by Crippen LogP contribution is -1.89. The zero-order valence-electron chi connectivity index (χ0n) is 18.5. The fourth-order valence-corrected chi connectivity index (χ4v) is 3.66. The molecule has 0 N–H and O–H groups in total. The molecular formula is C31H25F. The van der Waals surface area contributed by atoms with E-state index in [0.717, 1.165) is 46.0 Å². The van der Waals surface area contributed by atoms with Crippen LogP contribution in [0.15, 0.2) is 78.9 Å². The Hall–Kier alpha value is -3.81. The summed E-state index contributed by atoms with van der Waals surface area (Å²) < 4.78 is 14.5. The Morgan fingerprint density at radius 2 is 1.16 bits per heavy atom. The van der Waals surface area contributed by atoms with Crippen LogP contribution < -0.4 is 0 Å². The lowest BCUT2D eigenvalue weighted by atomic mass is 10.0. The Labute approximate surface area is 190 Å². The van der Waals surface area contributed by atoms with Crippen molar-refractivity contribution in [2.24, 2.45) is 0 Å². The van der Waals surface area contributed by atoms with Crippen LogP contribution in [-0.4, -0.2) is 0 Å². The zero-order chi connectivity index (χ0) is 22.3. The van der Waals surface area contributed by atoms with Gasteiger partial charge in [-0.05, 0) is 77.9 Å². The highest BCUT2D eigenvalue weighted by Crippen LogP contribution is 2.22. The van der Waals surface area contributed by atoms with Gasteiger partial charge in [-0.25, -0.2) is 4.39 Å². The van der Waals surface area contributed by atoms with Crippen molar-refractivity contribution in [1.82, 2.24) is 0 Å². The van der Waals surface area contributed by atoms with E-state index in [4.69, 9.17) is 0 Å². The highest BCUT2D eigenvalue weighted by molar-refractivity contribution is 5.85. The molecule has 0 bridgehead atoms. The molecule has 0 unspecified atom stereocenters. The Bertz CT molecular complexity index is 1350. The molecule has 0 aromatic heterocycles. The van der Waals surface area contributed by atoms with Crippen molar-refractivity contribution in [2.45, 2.75) is 33.1 Å². The third-order valence-corrected chi connectivity index (χ3v) is 5.49. The van der Waals surface area contributed by atoms with Crippen LogP contribution in [0.4, 0.5) is 4.39 Å². The summed E-state index contributed by atoms with van der Waals surface area (Å²) in [7, 11) is 0. The van der Waals surface area contributed by atoms with E-state index >= 15 is 0 Å². The molecule has 0 spiro atoms. The van der Waals surface area contributed by atoms with Gasteiger partial charge in [0.2, 0.25) is 0 Å². The van der Waals surface area contributed by atoms with Crippen LogP contribution in [0.1, 0.15) is 53.6 Å². The molecule has 0 saturated heterocycles. The lowest BCUT2D eigenvalue weighted by Gasteiger charge is -2.04. The Balaban J connectivity index is 1.48. The highest BCUT2D eigenvalue weighted by Gasteiger charge is 2.05. The maximum atomic E-state index is 14.5.